The number of nitrogens with zero attached hydrogens (tertiary/aromatic N) is 1. The van der Waals surface area contributed by atoms with Crippen molar-refractivity contribution in [2.24, 2.45) is 5.92 Å². The summed E-state index contributed by atoms with van der Waals surface area (Å²) >= 11 is 11.6. The zero-order valence-corrected chi connectivity index (χ0v) is 14.1. The molecule has 1 aliphatic rings. The highest BCUT2D eigenvalue weighted by molar-refractivity contribution is 6.32. The number of carbonyl (C=O) groups is 1. The topological polar surface area (TPSA) is 51.2 Å². The number of carbonyl (C=O) groups excluding carboxylic acids is 1. The van der Waals surface area contributed by atoms with Crippen LogP contribution in [0.15, 0.2) is 12.1 Å². The molecule has 2 rings (SSSR count). The van der Waals surface area contributed by atoms with Gasteiger partial charge in [0, 0.05) is 0 Å². The predicted octanol–water partition coefficient (Wildman–Crippen LogP) is 3.63. The van der Waals surface area contributed by atoms with Gasteiger partial charge < -0.3 is 10.1 Å². The maximum atomic E-state index is 12.1. The molecule has 0 radical (unpaired) electrons. The molecule has 0 aliphatic heterocycles. The van der Waals surface area contributed by atoms with E-state index in [2.05, 4.69) is 10.3 Å². The molecule has 1 N–H and O–H groups in total. The number of likely N-dealkylation sites (N-methyl/N-ethyl adjacent to an activating group) is 1. The van der Waals surface area contributed by atoms with Crippen LogP contribution in [0.25, 0.3) is 0 Å². The molecule has 21 heavy (non-hydrogen) atoms. The van der Waals surface area contributed by atoms with Gasteiger partial charge in [-0.05, 0) is 43.5 Å². The van der Waals surface area contributed by atoms with E-state index in [0.29, 0.717) is 16.2 Å². The summed E-state index contributed by atoms with van der Waals surface area (Å²) in [5, 5.41) is 3.66. The fraction of sp³-hybridized carbons (Fsp3) is 0.571. The molecule has 7 heteroatoms. The van der Waals surface area contributed by atoms with E-state index in [9.17, 15) is 4.79 Å². The molecule has 0 saturated heterocycles. The van der Waals surface area contributed by atoms with Crippen LogP contribution in [0, 0.1) is 5.92 Å². The Morgan fingerprint density at radius 1 is 1.38 bits per heavy atom. The third-order valence-electron chi connectivity index (χ3n) is 3.64. The van der Waals surface area contributed by atoms with Crippen LogP contribution < -0.4 is 5.32 Å². The van der Waals surface area contributed by atoms with Crippen molar-refractivity contribution in [3.8, 4) is 0 Å². The summed E-state index contributed by atoms with van der Waals surface area (Å²) in [4.78, 5) is 16.0. The fourth-order valence-corrected chi connectivity index (χ4v) is 3.18. The predicted molar refractivity (Wildman–Crippen MR) is 86.1 cm³/mol. The van der Waals surface area contributed by atoms with Crippen molar-refractivity contribution in [2.45, 2.75) is 38.3 Å². The normalized spacial score (nSPS) is 16.3. The lowest BCUT2D eigenvalue weighted by Crippen LogP contribution is -2.41. The number of halogens is 3. The molecule has 0 aromatic carbocycles. The second kappa shape index (κ2) is 8.79. The van der Waals surface area contributed by atoms with E-state index in [0.717, 1.165) is 18.4 Å². The van der Waals surface area contributed by atoms with Gasteiger partial charge in [-0.3, -0.25) is 4.79 Å². The van der Waals surface area contributed by atoms with Gasteiger partial charge >= 0.3 is 5.97 Å². The number of esters is 1. The molecule has 118 valence electrons. The van der Waals surface area contributed by atoms with Crippen LogP contribution in [-0.2, 0) is 16.1 Å². The Morgan fingerprint density at radius 3 is 2.48 bits per heavy atom. The Kier molecular flexibility index (Phi) is 7.74. The molecule has 4 nitrogen and oxygen atoms in total. The van der Waals surface area contributed by atoms with E-state index >= 15 is 0 Å². The second-order valence-corrected chi connectivity index (χ2v) is 5.81. The van der Waals surface area contributed by atoms with Crippen molar-refractivity contribution in [1.82, 2.24) is 10.3 Å². The highest BCUT2D eigenvalue weighted by atomic mass is 35.5. The van der Waals surface area contributed by atoms with Gasteiger partial charge in [0.2, 0.25) is 0 Å². The smallest absolute Gasteiger partial charge is 0.323 e. The number of hydrogen-bond donors (Lipinski definition) is 1. The van der Waals surface area contributed by atoms with E-state index in [-0.39, 0.29) is 31.0 Å². The van der Waals surface area contributed by atoms with Crippen molar-refractivity contribution < 1.29 is 9.53 Å². The van der Waals surface area contributed by atoms with Crippen LogP contribution >= 0.6 is 35.6 Å². The number of rotatable bonds is 5. The molecule has 0 bridgehead atoms. The number of hydrogen-bond acceptors (Lipinski definition) is 4. The van der Waals surface area contributed by atoms with Gasteiger partial charge in [0.05, 0.1) is 0 Å². The Balaban J connectivity index is 0.00000220. The van der Waals surface area contributed by atoms with Crippen LogP contribution in [0.4, 0.5) is 0 Å². The first kappa shape index (κ1) is 18.5. The molecule has 1 aromatic rings. The fourth-order valence-electron chi connectivity index (χ4n) is 2.68. The first-order chi connectivity index (χ1) is 9.60. The van der Waals surface area contributed by atoms with Gasteiger partial charge in [0.15, 0.2) is 0 Å². The molecule has 1 saturated carbocycles. The molecule has 1 fully saturated rings. The van der Waals surface area contributed by atoms with Crippen LogP contribution in [0.2, 0.25) is 10.3 Å². The van der Waals surface area contributed by atoms with Crippen LogP contribution in [0.1, 0.15) is 31.2 Å². The lowest BCUT2D eigenvalue weighted by atomic mass is 9.98. The minimum Gasteiger partial charge on any atom is -0.460 e. The van der Waals surface area contributed by atoms with Gasteiger partial charge in [-0.2, -0.15) is 0 Å². The molecule has 1 heterocycles. The molecular weight excluding hydrogens is 335 g/mol. The van der Waals surface area contributed by atoms with Gasteiger partial charge in [0.25, 0.3) is 0 Å². The zero-order chi connectivity index (χ0) is 14.5. The van der Waals surface area contributed by atoms with Crippen LogP contribution in [0.5, 0.6) is 0 Å². The highest BCUT2D eigenvalue weighted by Gasteiger charge is 2.30. The number of aromatic nitrogens is 1. The lowest BCUT2D eigenvalue weighted by Gasteiger charge is -2.21. The Morgan fingerprint density at radius 2 is 1.95 bits per heavy atom. The summed E-state index contributed by atoms with van der Waals surface area (Å²) in [6, 6.07) is 3.06. The minimum atomic E-state index is -0.231. The lowest BCUT2D eigenvalue weighted by molar-refractivity contribution is -0.148. The Bertz CT molecular complexity index is 459. The van der Waals surface area contributed by atoms with Crippen LogP contribution in [0.3, 0.4) is 0 Å². The van der Waals surface area contributed by atoms with Crippen molar-refractivity contribution in [3.05, 3.63) is 28.0 Å². The molecule has 0 unspecified atom stereocenters. The Labute approximate surface area is 141 Å². The average molecular weight is 354 g/mol. The van der Waals surface area contributed by atoms with Gasteiger partial charge in [0.1, 0.15) is 23.0 Å². The van der Waals surface area contributed by atoms with Crippen LogP contribution in [-0.4, -0.2) is 24.0 Å². The van der Waals surface area contributed by atoms with Crippen molar-refractivity contribution in [3.63, 3.8) is 0 Å². The van der Waals surface area contributed by atoms with E-state index in [4.69, 9.17) is 27.9 Å². The molecular formula is C14H19Cl3N2O2. The highest BCUT2D eigenvalue weighted by Crippen LogP contribution is 2.28. The van der Waals surface area contributed by atoms with E-state index in [1.54, 1.807) is 19.2 Å². The van der Waals surface area contributed by atoms with Gasteiger partial charge in [-0.25, -0.2) is 4.98 Å². The summed E-state index contributed by atoms with van der Waals surface area (Å²) in [7, 11) is 1.80. The summed E-state index contributed by atoms with van der Waals surface area (Å²) in [6.45, 7) is 0.158. The molecule has 1 atom stereocenters. The van der Waals surface area contributed by atoms with E-state index in [1.807, 2.05) is 0 Å². The SMILES string of the molecule is CN[C@H](C(=O)OCc1cc(Cl)nc(Cl)c1)C1CCCC1.Cl. The number of ether oxygens (including phenoxy) is 1. The van der Waals surface area contributed by atoms with Gasteiger partial charge in [-0.15, -0.1) is 12.4 Å². The number of nitrogens with one attached hydrogen (secondary N) is 1. The van der Waals surface area contributed by atoms with Crippen molar-refractivity contribution in [2.75, 3.05) is 7.05 Å². The Hall–Kier alpha value is -0.550. The standard InChI is InChI=1S/C14H18Cl2N2O2.ClH/c1-17-13(10-4-2-3-5-10)14(19)20-8-9-6-11(15)18-12(16)7-9;/h6-7,10,13,17H,2-5,8H2,1H3;1H/t13-;/m0./s1. The van der Waals surface area contributed by atoms with E-state index in [1.165, 1.54) is 12.8 Å². The van der Waals surface area contributed by atoms with Gasteiger partial charge in [-0.1, -0.05) is 36.0 Å². The molecule has 0 spiro atoms. The maximum Gasteiger partial charge on any atom is 0.323 e. The summed E-state index contributed by atoms with van der Waals surface area (Å²) in [5.41, 5.74) is 0.740. The quantitative estimate of drug-likeness (QED) is 0.649. The first-order valence-corrected chi connectivity index (χ1v) is 7.51. The second-order valence-electron chi connectivity index (χ2n) is 5.04. The molecule has 0 amide bonds. The molecule has 1 aliphatic carbocycles. The van der Waals surface area contributed by atoms with Crippen molar-refractivity contribution in [1.29, 1.82) is 0 Å². The van der Waals surface area contributed by atoms with Crippen molar-refractivity contribution >= 4 is 41.6 Å². The minimum absolute atomic E-state index is 0. The third-order valence-corrected chi connectivity index (χ3v) is 4.03. The largest absolute Gasteiger partial charge is 0.460 e. The first-order valence-electron chi connectivity index (χ1n) is 6.76. The third kappa shape index (κ3) is 5.29. The monoisotopic (exact) mass is 352 g/mol. The average Bonchev–Trinajstić information content (AvgIpc) is 2.90. The maximum absolute atomic E-state index is 12.1. The summed E-state index contributed by atoms with van der Waals surface area (Å²) < 4.78 is 5.36. The number of pyridine rings is 1. The molecule has 1 aromatic heterocycles. The zero-order valence-electron chi connectivity index (χ0n) is 11.8. The summed E-state index contributed by atoms with van der Waals surface area (Å²) in [6.07, 6.45) is 4.53. The summed E-state index contributed by atoms with van der Waals surface area (Å²) in [5.74, 6) is 0.153. The van der Waals surface area contributed by atoms with E-state index < -0.39 is 0 Å².